The lowest BCUT2D eigenvalue weighted by Gasteiger charge is -2.35. The molecule has 2 heterocycles. The summed E-state index contributed by atoms with van der Waals surface area (Å²) in [7, 11) is 4.07. The van der Waals surface area contributed by atoms with Gasteiger partial charge in [0.15, 0.2) is 0 Å². The van der Waals surface area contributed by atoms with Crippen molar-refractivity contribution in [1.29, 1.82) is 0 Å². The Kier molecular flexibility index (Phi) is 6.90. The molecule has 4 rings (SSSR count). The van der Waals surface area contributed by atoms with E-state index in [9.17, 15) is 13.6 Å². The maximum absolute atomic E-state index is 13.5. The van der Waals surface area contributed by atoms with Gasteiger partial charge in [-0.3, -0.25) is 9.89 Å². The first kappa shape index (κ1) is 22.9. The minimum absolute atomic E-state index is 0.134. The molecule has 0 unspecified atom stereocenters. The molecule has 1 aliphatic carbocycles. The Balaban J connectivity index is 1.36. The van der Waals surface area contributed by atoms with E-state index in [2.05, 4.69) is 27.5 Å². The van der Waals surface area contributed by atoms with Crippen molar-refractivity contribution in [3.05, 3.63) is 52.9 Å². The van der Waals surface area contributed by atoms with E-state index in [1.165, 1.54) is 17.7 Å². The van der Waals surface area contributed by atoms with Gasteiger partial charge in [0.2, 0.25) is 5.91 Å². The Hall–Kier alpha value is -2.32. The number of likely N-dealkylation sites (N-methyl/N-ethyl adjacent to an activating group) is 2. The third-order valence-electron chi connectivity index (χ3n) is 7.16. The molecule has 8 heteroatoms. The minimum atomic E-state index is -0.603. The second-order valence-electron chi connectivity index (χ2n) is 9.45. The van der Waals surface area contributed by atoms with Gasteiger partial charge < -0.3 is 15.1 Å². The molecule has 2 N–H and O–H groups in total. The fourth-order valence-electron chi connectivity index (χ4n) is 5.35. The van der Waals surface area contributed by atoms with Gasteiger partial charge in [0.05, 0.1) is 11.1 Å². The number of likely N-dealkylation sites (tertiary alicyclic amines) is 1. The van der Waals surface area contributed by atoms with Crippen LogP contribution in [0, 0.1) is 17.0 Å². The number of halogens is 2. The SMILES string of the molecule is CNCCN(C)Cc1c[nH]nc1[C@H]1CC[C@@]2(CCN(Cc3cc(F)cc(F)c3)C2=O)CC1. The summed E-state index contributed by atoms with van der Waals surface area (Å²) in [6.07, 6.45) is 6.37. The number of aromatic nitrogens is 2. The number of aromatic amines is 1. The third kappa shape index (κ3) is 4.86. The van der Waals surface area contributed by atoms with Gasteiger partial charge in [-0.1, -0.05) is 0 Å². The number of amides is 1. The molecule has 0 atom stereocenters. The van der Waals surface area contributed by atoms with Crippen LogP contribution in [0.5, 0.6) is 0 Å². The third-order valence-corrected chi connectivity index (χ3v) is 7.16. The van der Waals surface area contributed by atoms with Crippen LogP contribution in [0.2, 0.25) is 0 Å². The van der Waals surface area contributed by atoms with E-state index < -0.39 is 11.6 Å². The molecule has 174 valence electrons. The number of hydrogen-bond donors (Lipinski definition) is 2. The van der Waals surface area contributed by atoms with Crippen LogP contribution in [0.4, 0.5) is 8.78 Å². The summed E-state index contributed by atoms with van der Waals surface area (Å²) in [5.74, 6) is -0.713. The van der Waals surface area contributed by atoms with E-state index in [0.29, 0.717) is 18.0 Å². The summed E-state index contributed by atoms with van der Waals surface area (Å²) in [6, 6.07) is 3.48. The lowest BCUT2D eigenvalue weighted by molar-refractivity contribution is -0.138. The normalized spacial score (nSPS) is 23.6. The monoisotopic (exact) mass is 445 g/mol. The molecule has 0 radical (unpaired) electrons. The van der Waals surface area contributed by atoms with Crippen molar-refractivity contribution >= 4 is 5.91 Å². The largest absolute Gasteiger partial charge is 0.338 e. The molecule has 32 heavy (non-hydrogen) atoms. The molecular weight excluding hydrogens is 412 g/mol. The van der Waals surface area contributed by atoms with Gasteiger partial charge >= 0.3 is 0 Å². The first-order valence-corrected chi connectivity index (χ1v) is 11.5. The van der Waals surface area contributed by atoms with Gasteiger partial charge in [-0.15, -0.1) is 0 Å². The highest BCUT2D eigenvalue weighted by Gasteiger charge is 2.48. The van der Waals surface area contributed by atoms with Gasteiger partial charge in [0.1, 0.15) is 11.6 Å². The number of nitrogens with zero attached hydrogens (tertiary/aromatic N) is 3. The Morgan fingerprint density at radius 2 is 1.94 bits per heavy atom. The molecule has 1 spiro atoms. The van der Waals surface area contributed by atoms with Crippen LogP contribution in [0.15, 0.2) is 24.4 Å². The minimum Gasteiger partial charge on any atom is -0.338 e. The predicted molar refractivity (Wildman–Crippen MR) is 119 cm³/mol. The molecule has 0 bridgehead atoms. The summed E-state index contributed by atoms with van der Waals surface area (Å²) >= 11 is 0. The summed E-state index contributed by atoms with van der Waals surface area (Å²) in [5.41, 5.74) is 2.54. The van der Waals surface area contributed by atoms with E-state index in [-0.39, 0.29) is 17.9 Å². The average Bonchev–Trinajstić information content (AvgIpc) is 3.33. The number of nitrogens with one attached hydrogen (secondary N) is 2. The first-order valence-electron chi connectivity index (χ1n) is 11.5. The molecule has 1 aliphatic heterocycles. The molecule has 2 fully saturated rings. The number of rotatable bonds is 8. The highest BCUT2D eigenvalue weighted by Crippen LogP contribution is 2.49. The number of carbonyl (C=O) groups is 1. The van der Waals surface area contributed by atoms with E-state index >= 15 is 0 Å². The number of H-pyrrole nitrogens is 1. The van der Waals surface area contributed by atoms with E-state index in [4.69, 9.17) is 0 Å². The highest BCUT2D eigenvalue weighted by atomic mass is 19.1. The van der Waals surface area contributed by atoms with Gasteiger partial charge in [-0.05, 0) is 63.9 Å². The van der Waals surface area contributed by atoms with Crippen LogP contribution in [0.3, 0.4) is 0 Å². The topological polar surface area (TPSA) is 64.3 Å². The molecule has 1 aromatic heterocycles. The van der Waals surface area contributed by atoms with Crippen molar-refractivity contribution in [2.45, 2.75) is 51.1 Å². The first-order chi connectivity index (χ1) is 15.4. The van der Waals surface area contributed by atoms with Crippen LogP contribution < -0.4 is 5.32 Å². The van der Waals surface area contributed by atoms with Gasteiger partial charge in [0.25, 0.3) is 0 Å². The zero-order chi connectivity index (χ0) is 22.7. The van der Waals surface area contributed by atoms with Gasteiger partial charge in [-0.2, -0.15) is 5.10 Å². The second kappa shape index (κ2) is 9.67. The van der Waals surface area contributed by atoms with Crippen molar-refractivity contribution in [2.24, 2.45) is 5.41 Å². The number of benzene rings is 1. The van der Waals surface area contributed by atoms with E-state index in [1.807, 2.05) is 13.2 Å². The maximum Gasteiger partial charge on any atom is 0.229 e. The van der Waals surface area contributed by atoms with Crippen molar-refractivity contribution in [3.8, 4) is 0 Å². The zero-order valence-corrected chi connectivity index (χ0v) is 19.0. The molecule has 2 aromatic rings. The van der Waals surface area contributed by atoms with Crippen molar-refractivity contribution in [2.75, 3.05) is 33.7 Å². The van der Waals surface area contributed by atoms with Crippen molar-refractivity contribution in [1.82, 2.24) is 25.3 Å². The lowest BCUT2D eigenvalue weighted by Crippen LogP contribution is -2.37. The summed E-state index contributed by atoms with van der Waals surface area (Å²) in [4.78, 5) is 17.3. The number of carbonyl (C=O) groups excluding carboxylic acids is 1. The lowest BCUT2D eigenvalue weighted by atomic mass is 9.68. The Morgan fingerprint density at radius 1 is 1.22 bits per heavy atom. The standard InChI is InChI=1S/C24H33F2N5O/c1-27-8-10-30(2)16-19-14-28-29-22(19)18-3-5-24(6-4-18)7-9-31(23(24)32)15-17-11-20(25)13-21(26)12-17/h11-14,18,27H,3-10,15-16H2,1-2H3,(H,28,29)/t18-,24-. The fourth-order valence-corrected chi connectivity index (χ4v) is 5.35. The zero-order valence-electron chi connectivity index (χ0n) is 19.0. The van der Waals surface area contributed by atoms with Crippen LogP contribution in [-0.2, 0) is 17.9 Å². The summed E-state index contributed by atoms with van der Waals surface area (Å²) < 4.78 is 27.1. The van der Waals surface area contributed by atoms with Crippen molar-refractivity contribution < 1.29 is 13.6 Å². The van der Waals surface area contributed by atoms with Crippen LogP contribution >= 0.6 is 0 Å². The molecular formula is C24H33F2N5O. The van der Waals surface area contributed by atoms with Gasteiger partial charge in [-0.25, -0.2) is 8.78 Å². The Morgan fingerprint density at radius 3 is 2.62 bits per heavy atom. The molecule has 1 saturated heterocycles. The van der Waals surface area contributed by atoms with E-state index in [1.54, 1.807) is 4.90 Å². The quantitative estimate of drug-likeness (QED) is 0.654. The molecule has 6 nitrogen and oxygen atoms in total. The molecule has 1 aromatic carbocycles. The summed E-state index contributed by atoms with van der Waals surface area (Å²) in [5, 5.41) is 10.8. The predicted octanol–water partition coefficient (Wildman–Crippen LogP) is 3.42. The maximum atomic E-state index is 13.5. The van der Waals surface area contributed by atoms with Crippen molar-refractivity contribution in [3.63, 3.8) is 0 Å². The van der Waals surface area contributed by atoms with Crippen LogP contribution in [0.25, 0.3) is 0 Å². The highest BCUT2D eigenvalue weighted by molar-refractivity contribution is 5.85. The summed E-state index contributed by atoms with van der Waals surface area (Å²) in [6.45, 7) is 3.67. The molecule has 1 amide bonds. The number of hydrogen-bond acceptors (Lipinski definition) is 4. The van der Waals surface area contributed by atoms with Gasteiger partial charge in [0, 0.05) is 56.5 Å². The Bertz CT molecular complexity index is 918. The van der Waals surface area contributed by atoms with Crippen LogP contribution in [-0.4, -0.2) is 59.6 Å². The Labute approximate surface area is 188 Å². The van der Waals surface area contributed by atoms with E-state index in [0.717, 1.165) is 63.5 Å². The smallest absolute Gasteiger partial charge is 0.229 e. The van der Waals surface area contributed by atoms with Crippen LogP contribution in [0.1, 0.15) is 54.8 Å². The second-order valence-corrected chi connectivity index (χ2v) is 9.45. The average molecular weight is 446 g/mol. The molecule has 1 saturated carbocycles. The molecule has 2 aliphatic rings. The fraction of sp³-hybridized carbons (Fsp3) is 0.583.